The summed E-state index contributed by atoms with van der Waals surface area (Å²) in [5.41, 5.74) is 1.64. The van der Waals surface area contributed by atoms with E-state index in [1.165, 1.54) is 0 Å². The third-order valence-electron chi connectivity index (χ3n) is 3.57. The van der Waals surface area contributed by atoms with Crippen LogP contribution in [-0.4, -0.2) is 37.4 Å². The number of likely N-dealkylation sites (N-methyl/N-ethyl adjacent to an activating group) is 1. The molecule has 1 aliphatic carbocycles. The molecule has 5 nitrogen and oxygen atoms in total. The van der Waals surface area contributed by atoms with Crippen LogP contribution in [0.5, 0.6) is 0 Å². The average molecular weight is 295 g/mol. The van der Waals surface area contributed by atoms with Crippen LogP contribution >= 0.6 is 0 Å². The Morgan fingerprint density at radius 3 is 2.91 bits per heavy atom. The zero-order valence-electron chi connectivity index (χ0n) is 12.5. The van der Waals surface area contributed by atoms with Crippen molar-refractivity contribution >= 4 is 23.1 Å². The van der Waals surface area contributed by atoms with Crippen molar-refractivity contribution in [3.8, 4) is 0 Å². The molecule has 1 heterocycles. The van der Waals surface area contributed by atoms with Gasteiger partial charge < -0.3 is 10.2 Å². The van der Waals surface area contributed by atoms with E-state index in [1.54, 1.807) is 17.0 Å². The van der Waals surface area contributed by atoms with Crippen LogP contribution in [-0.2, 0) is 9.59 Å². The van der Waals surface area contributed by atoms with Crippen LogP contribution in [0.1, 0.15) is 0 Å². The molecule has 0 saturated carbocycles. The van der Waals surface area contributed by atoms with Crippen LogP contribution in [0.3, 0.4) is 0 Å². The Hall–Kier alpha value is -2.53. The average Bonchev–Trinajstić information content (AvgIpc) is 2.47. The number of hydrogen-bond donors (Lipinski definition) is 1. The van der Waals surface area contributed by atoms with Gasteiger partial charge in [-0.2, -0.15) is 0 Å². The Labute approximate surface area is 128 Å². The first kappa shape index (κ1) is 14.4. The molecule has 0 saturated heterocycles. The summed E-state index contributed by atoms with van der Waals surface area (Å²) in [5.74, 6) is -0.535. The number of nitrogens with one attached hydrogen (secondary N) is 1. The summed E-state index contributed by atoms with van der Waals surface area (Å²) in [7, 11) is 3.69. The predicted octanol–water partition coefficient (Wildman–Crippen LogP) is 0.239. The Balaban J connectivity index is 2.02. The molecular formula is C17H17N3O2. The van der Waals surface area contributed by atoms with Gasteiger partial charge in [0.05, 0.1) is 17.8 Å². The molecule has 0 fully saturated rings. The minimum atomic E-state index is -0.315. The molecule has 2 amide bonds. The molecule has 0 radical (unpaired) electrons. The molecule has 1 aromatic carbocycles. The van der Waals surface area contributed by atoms with Gasteiger partial charge >= 0.3 is 0 Å². The summed E-state index contributed by atoms with van der Waals surface area (Å²) in [6.45, 7) is 0.321. The zero-order chi connectivity index (χ0) is 15.7. The first-order valence-corrected chi connectivity index (χ1v) is 7.11. The summed E-state index contributed by atoms with van der Waals surface area (Å²) in [6.07, 6.45) is 7.55. The van der Waals surface area contributed by atoms with Crippen molar-refractivity contribution in [1.82, 2.24) is 4.90 Å². The van der Waals surface area contributed by atoms with Crippen LogP contribution in [0.15, 0.2) is 47.5 Å². The molecule has 5 heteroatoms. The Morgan fingerprint density at radius 1 is 1.32 bits per heavy atom. The van der Waals surface area contributed by atoms with E-state index >= 15 is 0 Å². The van der Waals surface area contributed by atoms with Gasteiger partial charge in [-0.1, -0.05) is 24.3 Å². The number of nitrogens with zero attached hydrogens (tertiary/aromatic N) is 2. The molecule has 0 aromatic heterocycles. The van der Waals surface area contributed by atoms with E-state index in [0.29, 0.717) is 17.6 Å². The third kappa shape index (κ3) is 2.76. The van der Waals surface area contributed by atoms with Gasteiger partial charge in [0.2, 0.25) is 5.91 Å². The molecule has 1 aromatic rings. The van der Waals surface area contributed by atoms with Gasteiger partial charge in [-0.15, -0.1) is 0 Å². The largest absolute Gasteiger partial charge is 0.325 e. The van der Waals surface area contributed by atoms with Crippen molar-refractivity contribution in [1.29, 1.82) is 0 Å². The minimum Gasteiger partial charge on any atom is -0.325 e. The summed E-state index contributed by atoms with van der Waals surface area (Å²) in [4.78, 5) is 29.8. The highest BCUT2D eigenvalue weighted by molar-refractivity contribution is 5.95. The number of carbonyl (C=O) groups is 2. The molecular weight excluding hydrogens is 278 g/mol. The first-order chi connectivity index (χ1) is 10.5. The number of allylic oxidation sites excluding steroid dienone is 3. The summed E-state index contributed by atoms with van der Waals surface area (Å²) in [5, 5.41) is 4.42. The quantitative estimate of drug-likeness (QED) is 0.869. The van der Waals surface area contributed by atoms with E-state index in [2.05, 4.69) is 10.3 Å². The first-order valence-electron chi connectivity index (χ1n) is 7.11. The highest BCUT2D eigenvalue weighted by atomic mass is 16.2. The molecule has 3 rings (SSSR count). The summed E-state index contributed by atoms with van der Waals surface area (Å²) < 4.78 is 0. The predicted molar refractivity (Wildman–Crippen MR) is 84.6 cm³/mol. The van der Waals surface area contributed by atoms with Gasteiger partial charge in [-0.25, -0.2) is 4.99 Å². The van der Waals surface area contributed by atoms with E-state index in [0.717, 1.165) is 10.8 Å². The van der Waals surface area contributed by atoms with Crippen LogP contribution in [0.2, 0.25) is 0 Å². The number of rotatable bonds is 3. The normalized spacial score (nSPS) is 18.8. The lowest BCUT2D eigenvalue weighted by Gasteiger charge is -2.17. The van der Waals surface area contributed by atoms with E-state index < -0.39 is 0 Å². The number of carbonyl (C=O) groups excluding carboxylic acids is 2. The number of anilines is 1. The lowest BCUT2D eigenvalue weighted by Crippen LogP contribution is -2.37. The van der Waals surface area contributed by atoms with Crippen molar-refractivity contribution in [2.75, 3.05) is 26.0 Å². The van der Waals surface area contributed by atoms with E-state index in [4.69, 9.17) is 0 Å². The Kier molecular flexibility index (Phi) is 3.73. The number of benzene rings is 1. The standard InChI is InChI=1S/C17H17N3O2/c1-20(2)10-16(21)18-11-7-8-15-14(9-11)12-5-3-4-6-13(12)17(22)19-15/h3-9,13H,10H2,1-2H3,(H,18,21). The summed E-state index contributed by atoms with van der Waals surface area (Å²) >= 11 is 0. The maximum atomic E-state index is 12.0. The van der Waals surface area contributed by atoms with Gasteiger partial charge in [0.25, 0.3) is 5.91 Å². The topological polar surface area (TPSA) is 61.8 Å². The monoisotopic (exact) mass is 295 g/mol. The van der Waals surface area contributed by atoms with Gasteiger partial charge in [0, 0.05) is 10.9 Å². The van der Waals surface area contributed by atoms with Crippen molar-refractivity contribution in [3.05, 3.63) is 53.1 Å². The van der Waals surface area contributed by atoms with Crippen LogP contribution in [0.4, 0.5) is 5.69 Å². The maximum Gasteiger partial charge on any atom is 0.257 e. The fourth-order valence-corrected chi connectivity index (χ4v) is 2.63. The second kappa shape index (κ2) is 5.69. The Morgan fingerprint density at radius 2 is 2.14 bits per heavy atom. The zero-order valence-corrected chi connectivity index (χ0v) is 12.5. The van der Waals surface area contributed by atoms with Crippen molar-refractivity contribution in [2.45, 2.75) is 0 Å². The maximum absolute atomic E-state index is 12.0. The molecule has 1 aliphatic heterocycles. The molecule has 0 spiro atoms. The second-order valence-electron chi connectivity index (χ2n) is 5.64. The van der Waals surface area contributed by atoms with Crippen molar-refractivity contribution < 1.29 is 9.59 Å². The van der Waals surface area contributed by atoms with Gasteiger partial charge in [-0.3, -0.25) is 9.59 Å². The molecule has 1 atom stereocenters. The molecule has 22 heavy (non-hydrogen) atoms. The van der Waals surface area contributed by atoms with Crippen LogP contribution in [0, 0.1) is 5.92 Å². The molecule has 1 unspecified atom stereocenters. The van der Waals surface area contributed by atoms with Gasteiger partial charge in [0.1, 0.15) is 0 Å². The second-order valence-corrected chi connectivity index (χ2v) is 5.64. The van der Waals surface area contributed by atoms with E-state index in [-0.39, 0.29) is 17.7 Å². The third-order valence-corrected chi connectivity index (χ3v) is 3.57. The fourth-order valence-electron chi connectivity index (χ4n) is 2.63. The molecule has 1 N–H and O–H groups in total. The lowest BCUT2D eigenvalue weighted by molar-refractivity contribution is -0.119. The molecule has 112 valence electrons. The van der Waals surface area contributed by atoms with Crippen LogP contribution in [0.25, 0.3) is 5.57 Å². The number of amides is 2. The van der Waals surface area contributed by atoms with Gasteiger partial charge in [-0.05, 0) is 37.9 Å². The van der Waals surface area contributed by atoms with Gasteiger partial charge in [0.15, 0.2) is 0 Å². The highest BCUT2D eigenvalue weighted by Gasteiger charge is 2.23. The minimum absolute atomic E-state index is 0.0746. The van der Waals surface area contributed by atoms with Crippen molar-refractivity contribution in [3.63, 3.8) is 0 Å². The fraction of sp³-hybridized carbons (Fsp3) is 0.235. The highest BCUT2D eigenvalue weighted by Crippen LogP contribution is 2.21. The number of fused-ring (bicyclic) bond motifs is 2. The smallest absolute Gasteiger partial charge is 0.257 e. The van der Waals surface area contributed by atoms with Crippen molar-refractivity contribution in [2.24, 2.45) is 10.9 Å². The molecule has 0 bridgehead atoms. The van der Waals surface area contributed by atoms with Crippen LogP contribution < -0.4 is 15.9 Å². The SMILES string of the molecule is CN(C)CC(=O)Nc1ccc2c(c1)=C1C=CC=CC1C(=O)N=2. The Bertz CT molecular complexity index is 819. The number of hydrogen-bond acceptors (Lipinski definition) is 3. The lowest BCUT2D eigenvalue weighted by atomic mass is 9.90. The van der Waals surface area contributed by atoms with E-state index in [1.807, 2.05) is 44.5 Å². The summed E-state index contributed by atoms with van der Waals surface area (Å²) in [6, 6.07) is 5.42. The van der Waals surface area contributed by atoms with E-state index in [9.17, 15) is 9.59 Å². The molecule has 2 aliphatic rings.